The highest BCUT2D eigenvalue weighted by Crippen LogP contribution is 1.99. The van der Waals surface area contributed by atoms with Crippen molar-refractivity contribution >= 4 is 17.3 Å². The molecule has 0 saturated carbocycles. The molecule has 0 amide bonds. The lowest BCUT2D eigenvalue weighted by atomic mass is 10.2. The van der Waals surface area contributed by atoms with Crippen LogP contribution in [0.3, 0.4) is 0 Å². The number of hydrogen-bond acceptors (Lipinski definition) is 2. The molecule has 1 aromatic rings. The molecular weight excluding hydrogens is 220 g/mol. The Morgan fingerprint density at radius 2 is 2.07 bits per heavy atom. The second-order valence-corrected chi connectivity index (χ2v) is 2.96. The van der Waals surface area contributed by atoms with Gasteiger partial charge in [0.15, 0.2) is 5.11 Å². The summed E-state index contributed by atoms with van der Waals surface area (Å²) in [7, 11) is 0. The first-order chi connectivity index (χ1) is 6.29. The molecule has 1 rings (SSSR count). The quantitative estimate of drug-likeness (QED) is 0.362. The van der Waals surface area contributed by atoms with Crippen molar-refractivity contribution in [3.05, 3.63) is 35.9 Å². The van der Waals surface area contributed by atoms with Crippen LogP contribution in [-0.2, 0) is 11.3 Å². The molecule has 0 fully saturated rings. The summed E-state index contributed by atoms with van der Waals surface area (Å²) < 4.78 is 5.25. The van der Waals surface area contributed by atoms with Crippen LogP contribution in [0.2, 0.25) is 0 Å². The first-order valence-corrected chi connectivity index (χ1v) is 4.35. The third-order valence-electron chi connectivity index (χ3n) is 1.46. The van der Waals surface area contributed by atoms with E-state index in [4.69, 9.17) is 10.5 Å². The number of rotatable bonds is 4. The Balaban J connectivity index is 0. The van der Waals surface area contributed by atoms with E-state index in [1.807, 2.05) is 30.3 Å². The number of halogens is 1. The minimum atomic E-state index is 0. The molecule has 0 radical (unpaired) electrons. The molecule has 0 atom stereocenters. The van der Waals surface area contributed by atoms with Crippen molar-refractivity contribution in [2.24, 2.45) is 5.73 Å². The van der Waals surface area contributed by atoms with Crippen molar-refractivity contribution in [2.75, 3.05) is 6.73 Å². The molecule has 0 heterocycles. The van der Waals surface area contributed by atoms with E-state index in [1.54, 1.807) is 0 Å². The van der Waals surface area contributed by atoms with Gasteiger partial charge < -0.3 is 28.2 Å². The number of thiocarbonyl (C=S) groups is 1. The standard InChI is InChI=1S/C9H12N2OS.ClH/c10-9(13)11-7-12-6-8-4-2-1-3-5-8;/h1-5H,6-7H2,(H3,10,11,13);1H. The summed E-state index contributed by atoms with van der Waals surface area (Å²) in [6.07, 6.45) is 0. The molecule has 3 N–H and O–H groups in total. The fraction of sp³-hybridized carbons (Fsp3) is 0.222. The van der Waals surface area contributed by atoms with E-state index < -0.39 is 0 Å². The first kappa shape index (κ1) is 13.2. The van der Waals surface area contributed by atoms with Gasteiger partial charge in [-0.25, -0.2) is 0 Å². The van der Waals surface area contributed by atoms with Crippen molar-refractivity contribution in [3.8, 4) is 0 Å². The van der Waals surface area contributed by atoms with Gasteiger partial charge in [-0.15, -0.1) is 0 Å². The van der Waals surface area contributed by atoms with E-state index in [9.17, 15) is 0 Å². The van der Waals surface area contributed by atoms with Gasteiger partial charge in [0.2, 0.25) is 0 Å². The molecule has 0 spiro atoms. The van der Waals surface area contributed by atoms with Crippen LogP contribution < -0.4 is 23.5 Å². The minimum absolute atomic E-state index is 0. The highest BCUT2D eigenvalue weighted by atomic mass is 35.5. The zero-order valence-corrected chi connectivity index (χ0v) is 9.15. The second-order valence-electron chi connectivity index (χ2n) is 2.52. The average molecular weight is 233 g/mol. The SMILES string of the molecule is NC(=S)NCOCc1ccccc1.[Cl-].[H+]. The Bertz CT molecular complexity index is 274. The van der Waals surface area contributed by atoms with Crippen LogP contribution in [0.4, 0.5) is 0 Å². The molecule has 3 nitrogen and oxygen atoms in total. The predicted octanol–water partition coefficient (Wildman–Crippen LogP) is -1.89. The molecule has 0 unspecified atom stereocenters. The van der Waals surface area contributed by atoms with Crippen LogP contribution in [-0.4, -0.2) is 11.8 Å². The number of hydrogen-bond donors (Lipinski definition) is 2. The Morgan fingerprint density at radius 3 is 2.64 bits per heavy atom. The van der Waals surface area contributed by atoms with Crippen LogP contribution in [0.5, 0.6) is 0 Å². The number of nitrogens with one attached hydrogen (secondary N) is 1. The summed E-state index contributed by atoms with van der Waals surface area (Å²) in [5.41, 5.74) is 6.34. The lowest BCUT2D eigenvalue weighted by Gasteiger charge is -2.05. The van der Waals surface area contributed by atoms with Gasteiger partial charge in [0.05, 0.1) is 6.61 Å². The van der Waals surface area contributed by atoms with Crippen LogP contribution in [0.25, 0.3) is 0 Å². The fourth-order valence-corrected chi connectivity index (χ4v) is 0.924. The monoisotopic (exact) mass is 232 g/mol. The Labute approximate surface area is 96.5 Å². The maximum Gasteiger partial charge on any atom is 1.00 e. The van der Waals surface area contributed by atoms with Gasteiger partial charge in [-0.1, -0.05) is 30.3 Å². The molecule has 78 valence electrons. The van der Waals surface area contributed by atoms with E-state index >= 15 is 0 Å². The largest absolute Gasteiger partial charge is 1.00 e. The summed E-state index contributed by atoms with van der Waals surface area (Å²) in [6, 6.07) is 9.91. The predicted molar refractivity (Wildman–Crippen MR) is 57.1 cm³/mol. The van der Waals surface area contributed by atoms with Gasteiger partial charge in [0.25, 0.3) is 0 Å². The Hall–Kier alpha value is -0.840. The maximum atomic E-state index is 5.25. The smallest absolute Gasteiger partial charge is 1.00 e. The van der Waals surface area contributed by atoms with Gasteiger partial charge in [-0.3, -0.25) is 0 Å². The molecular formula is C9H13ClN2OS. The number of ether oxygens (including phenoxy) is 1. The van der Waals surface area contributed by atoms with Crippen LogP contribution >= 0.6 is 12.2 Å². The molecule has 0 aliphatic carbocycles. The third-order valence-corrected chi connectivity index (χ3v) is 1.60. The zero-order chi connectivity index (χ0) is 9.52. The Kier molecular flexibility index (Phi) is 7.10. The Morgan fingerprint density at radius 1 is 1.43 bits per heavy atom. The fourth-order valence-electron chi connectivity index (χ4n) is 0.865. The van der Waals surface area contributed by atoms with Crippen LogP contribution in [0, 0.1) is 0 Å². The summed E-state index contributed by atoms with van der Waals surface area (Å²) >= 11 is 4.61. The van der Waals surface area contributed by atoms with Gasteiger partial charge in [0.1, 0.15) is 6.73 Å². The molecule has 0 bridgehead atoms. The lowest BCUT2D eigenvalue weighted by Crippen LogP contribution is -3.00. The minimum Gasteiger partial charge on any atom is -1.00 e. The molecule has 0 aromatic heterocycles. The lowest BCUT2D eigenvalue weighted by molar-refractivity contribution is -0.00000349. The number of benzene rings is 1. The molecule has 14 heavy (non-hydrogen) atoms. The van der Waals surface area contributed by atoms with Gasteiger partial charge in [-0.2, -0.15) is 0 Å². The third kappa shape index (κ3) is 5.75. The molecule has 1 aromatic carbocycles. The summed E-state index contributed by atoms with van der Waals surface area (Å²) in [5, 5.41) is 2.96. The molecule has 5 heteroatoms. The van der Waals surface area contributed by atoms with E-state index in [2.05, 4.69) is 17.5 Å². The zero-order valence-electron chi connectivity index (χ0n) is 8.57. The van der Waals surface area contributed by atoms with Crippen LogP contribution in [0.1, 0.15) is 6.99 Å². The maximum absolute atomic E-state index is 5.25. The normalized spacial score (nSPS) is 8.86. The first-order valence-electron chi connectivity index (χ1n) is 3.94. The van der Waals surface area contributed by atoms with Crippen molar-refractivity contribution < 1.29 is 18.6 Å². The van der Waals surface area contributed by atoms with Gasteiger partial charge in [0, 0.05) is 0 Å². The van der Waals surface area contributed by atoms with Crippen molar-refractivity contribution in [1.82, 2.24) is 5.32 Å². The van der Waals surface area contributed by atoms with Crippen LogP contribution in [0.15, 0.2) is 30.3 Å². The van der Waals surface area contributed by atoms with Gasteiger partial charge >= 0.3 is 1.43 Å². The van der Waals surface area contributed by atoms with E-state index in [1.165, 1.54) is 0 Å². The number of nitrogens with two attached hydrogens (primary N) is 1. The topological polar surface area (TPSA) is 47.3 Å². The van der Waals surface area contributed by atoms with Gasteiger partial charge in [-0.05, 0) is 17.8 Å². The molecule has 0 aliphatic rings. The second kappa shape index (κ2) is 7.55. The van der Waals surface area contributed by atoms with E-state index in [-0.39, 0.29) is 18.9 Å². The van der Waals surface area contributed by atoms with E-state index in [0.29, 0.717) is 13.3 Å². The summed E-state index contributed by atoms with van der Waals surface area (Å²) in [5.74, 6) is 0. The van der Waals surface area contributed by atoms with Crippen molar-refractivity contribution in [1.29, 1.82) is 0 Å². The molecule has 0 aliphatic heterocycles. The van der Waals surface area contributed by atoms with Crippen molar-refractivity contribution in [2.45, 2.75) is 6.61 Å². The van der Waals surface area contributed by atoms with Crippen molar-refractivity contribution in [3.63, 3.8) is 0 Å². The van der Waals surface area contributed by atoms with E-state index in [0.717, 1.165) is 5.56 Å². The highest BCUT2D eigenvalue weighted by molar-refractivity contribution is 7.80. The highest BCUT2D eigenvalue weighted by Gasteiger charge is 1.90. The molecule has 0 saturated heterocycles. The summed E-state index contributed by atoms with van der Waals surface area (Å²) in [6.45, 7) is 0.917. The average Bonchev–Trinajstić information content (AvgIpc) is 2.14. The summed E-state index contributed by atoms with van der Waals surface area (Å²) in [4.78, 5) is 0.